The van der Waals surface area contributed by atoms with Crippen LogP contribution in [0.4, 0.5) is 16.4 Å². The van der Waals surface area contributed by atoms with E-state index in [9.17, 15) is 18.3 Å². The Morgan fingerprint density at radius 3 is 2.61 bits per heavy atom. The van der Waals surface area contributed by atoms with Crippen molar-refractivity contribution in [3.05, 3.63) is 42.5 Å². The minimum atomic E-state index is -4.06. The molecule has 11 heteroatoms. The molecule has 1 atom stereocenters. The number of carbonyl (C=O) groups is 1. The maximum Gasteiger partial charge on any atom is 0.411 e. The normalized spacial score (nSPS) is 12.5. The van der Waals surface area contributed by atoms with Crippen molar-refractivity contribution in [3.8, 4) is 5.75 Å². The third-order valence-electron chi connectivity index (χ3n) is 3.63. The van der Waals surface area contributed by atoms with Crippen LogP contribution in [0.2, 0.25) is 0 Å². The summed E-state index contributed by atoms with van der Waals surface area (Å²) in [6.45, 7) is 1.97. The van der Waals surface area contributed by atoms with Gasteiger partial charge < -0.3 is 24.7 Å². The average molecular weight is 406 g/mol. The molecule has 0 spiro atoms. The van der Waals surface area contributed by atoms with Gasteiger partial charge in [-0.3, -0.25) is 5.32 Å². The molecule has 148 valence electrons. The highest BCUT2D eigenvalue weighted by atomic mass is 32.2. The topological polar surface area (TPSA) is 154 Å². The Kier molecular flexibility index (Phi) is 5.38. The third kappa shape index (κ3) is 4.69. The number of anilines is 2. The fourth-order valence-corrected chi connectivity index (χ4v) is 3.30. The zero-order valence-electron chi connectivity index (χ0n) is 14.7. The Balaban J connectivity index is 1.76. The van der Waals surface area contributed by atoms with Gasteiger partial charge in [-0.25, -0.2) is 9.78 Å². The summed E-state index contributed by atoms with van der Waals surface area (Å²) in [6, 6.07) is 10.3. The Morgan fingerprint density at radius 2 is 1.96 bits per heavy atom. The van der Waals surface area contributed by atoms with Gasteiger partial charge in [0, 0.05) is 18.3 Å². The summed E-state index contributed by atoms with van der Waals surface area (Å²) in [6.07, 6.45) is -1.81. The molecule has 0 saturated carbocycles. The molecule has 1 unspecified atom stereocenters. The van der Waals surface area contributed by atoms with E-state index in [4.69, 9.17) is 9.29 Å². The second-order valence-corrected chi connectivity index (χ2v) is 7.53. The van der Waals surface area contributed by atoms with Gasteiger partial charge in [0.1, 0.15) is 10.6 Å². The maximum atomic E-state index is 12.5. The molecule has 0 fully saturated rings. The van der Waals surface area contributed by atoms with Crippen LogP contribution in [0.5, 0.6) is 5.75 Å². The van der Waals surface area contributed by atoms with E-state index < -0.39 is 22.3 Å². The van der Waals surface area contributed by atoms with Crippen molar-refractivity contribution in [2.24, 2.45) is 0 Å². The summed E-state index contributed by atoms with van der Waals surface area (Å²) >= 11 is 0. The number of hydrogen-bond acceptors (Lipinski definition) is 7. The van der Waals surface area contributed by atoms with Crippen LogP contribution >= 0.6 is 0 Å². The van der Waals surface area contributed by atoms with Crippen molar-refractivity contribution in [2.75, 3.05) is 17.2 Å². The molecular weight excluding hydrogens is 388 g/mol. The van der Waals surface area contributed by atoms with Gasteiger partial charge in [-0.15, -0.1) is 0 Å². The van der Waals surface area contributed by atoms with E-state index in [1.807, 2.05) is 0 Å². The van der Waals surface area contributed by atoms with Gasteiger partial charge in [0.25, 0.3) is 0 Å². The molecule has 0 aliphatic rings. The van der Waals surface area contributed by atoms with Gasteiger partial charge in [0.05, 0.1) is 17.1 Å². The molecule has 3 aromatic rings. The lowest BCUT2D eigenvalue weighted by Crippen LogP contribution is -2.15. The molecule has 1 heterocycles. The molecule has 0 aliphatic carbocycles. The average Bonchev–Trinajstić information content (AvgIpc) is 3.00. The number of aromatic nitrogens is 2. The molecular formula is C17H18N4O6S. The van der Waals surface area contributed by atoms with Crippen LogP contribution in [0.3, 0.4) is 0 Å². The lowest BCUT2D eigenvalue weighted by molar-refractivity contribution is 0.208. The highest BCUT2D eigenvalue weighted by Gasteiger charge is 2.17. The molecule has 5 N–H and O–H groups in total. The molecule has 1 amide bonds. The van der Waals surface area contributed by atoms with E-state index >= 15 is 0 Å². The lowest BCUT2D eigenvalue weighted by Gasteiger charge is -2.10. The molecule has 3 rings (SSSR count). The second kappa shape index (κ2) is 7.74. The first-order valence-corrected chi connectivity index (χ1v) is 9.60. The largest absolute Gasteiger partial charge is 0.465 e. The van der Waals surface area contributed by atoms with Crippen molar-refractivity contribution < 1.29 is 27.6 Å². The zero-order chi connectivity index (χ0) is 20.3. The summed E-state index contributed by atoms with van der Waals surface area (Å²) in [4.78, 5) is 17.4. The van der Waals surface area contributed by atoms with Crippen LogP contribution in [0, 0.1) is 0 Å². The first-order valence-electron chi connectivity index (χ1n) is 8.19. The quantitative estimate of drug-likeness (QED) is 0.374. The predicted molar refractivity (Wildman–Crippen MR) is 102 cm³/mol. The van der Waals surface area contributed by atoms with Crippen molar-refractivity contribution >= 4 is 38.9 Å². The van der Waals surface area contributed by atoms with Gasteiger partial charge in [-0.1, -0.05) is 0 Å². The number of imidazole rings is 1. The lowest BCUT2D eigenvalue weighted by atomic mass is 10.3. The molecule has 0 bridgehead atoms. The number of fused-ring (bicyclic) bond motifs is 1. The fourth-order valence-electron chi connectivity index (χ4n) is 2.38. The molecule has 28 heavy (non-hydrogen) atoms. The summed E-state index contributed by atoms with van der Waals surface area (Å²) in [5.74, 6) is 0.0668. The zero-order valence-corrected chi connectivity index (χ0v) is 15.5. The number of aliphatic hydroxyl groups excluding tert-OH is 1. The number of nitrogens with zero attached hydrogens (tertiary/aromatic N) is 1. The number of H-pyrrole nitrogens is 1. The van der Waals surface area contributed by atoms with E-state index in [-0.39, 0.29) is 16.6 Å². The summed E-state index contributed by atoms with van der Waals surface area (Å²) in [5.41, 5.74) is 1.52. The number of nitrogens with one attached hydrogen (secondary N) is 3. The van der Waals surface area contributed by atoms with E-state index in [0.29, 0.717) is 23.3 Å². The molecule has 2 aromatic carbocycles. The number of aliphatic hydroxyl groups is 1. The van der Waals surface area contributed by atoms with Crippen LogP contribution in [0.25, 0.3) is 11.0 Å². The Morgan fingerprint density at radius 1 is 1.25 bits per heavy atom. The van der Waals surface area contributed by atoms with E-state index in [1.165, 1.54) is 30.3 Å². The van der Waals surface area contributed by atoms with Crippen LogP contribution in [-0.2, 0) is 10.1 Å². The first kappa shape index (κ1) is 19.5. The second-order valence-electron chi connectivity index (χ2n) is 5.99. The van der Waals surface area contributed by atoms with Crippen LogP contribution < -0.4 is 14.8 Å². The van der Waals surface area contributed by atoms with Crippen LogP contribution in [0.1, 0.15) is 6.92 Å². The van der Waals surface area contributed by atoms with Crippen molar-refractivity contribution in [3.63, 3.8) is 0 Å². The summed E-state index contributed by atoms with van der Waals surface area (Å²) in [5, 5.41) is 23.0. The fraction of sp³-hybridized carbons (Fsp3) is 0.176. The van der Waals surface area contributed by atoms with Gasteiger partial charge in [-0.05, 0) is 43.3 Å². The Bertz CT molecular complexity index is 1090. The maximum absolute atomic E-state index is 12.5. The van der Waals surface area contributed by atoms with Crippen molar-refractivity contribution in [2.45, 2.75) is 17.9 Å². The third-order valence-corrected chi connectivity index (χ3v) is 4.89. The molecule has 0 aliphatic heterocycles. The smallest absolute Gasteiger partial charge is 0.411 e. The number of benzene rings is 2. The van der Waals surface area contributed by atoms with Crippen molar-refractivity contribution in [1.29, 1.82) is 0 Å². The predicted octanol–water partition coefficient (Wildman–Crippen LogP) is 2.21. The Labute approximate surface area is 160 Å². The molecule has 1 aromatic heterocycles. The van der Waals surface area contributed by atoms with E-state index in [0.717, 1.165) is 0 Å². The highest BCUT2D eigenvalue weighted by molar-refractivity contribution is 7.87. The number of aromatic amines is 1. The standard InChI is InChI=1S/C17H18N4O6S/c1-10(22)9-18-11-2-5-13(6-3-11)28(25,26)27-12-4-7-14-15(8-12)20-16(19-14)21-17(23)24/h2-8,10,18,22H,9H2,1H3,(H,23,24)(H2,19,20,21). The van der Waals surface area contributed by atoms with Gasteiger partial charge in [0.15, 0.2) is 0 Å². The first-order chi connectivity index (χ1) is 13.2. The monoisotopic (exact) mass is 406 g/mol. The summed E-state index contributed by atoms with van der Waals surface area (Å²) < 4.78 is 30.1. The van der Waals surface area contributed by atoms with Crippen LogP contribution in [-0.4, -0.2) is 47.3 Å². The van der Waals surface area contributed by atoms with Gasteiger partial charge >= 0.3 is 16.2 Å². The number of carboxylic acid groups (broad SMARTS) is 1. The van der Waals surface area contributed by atoms with Crippen molar-refractivity contribution in [1.82, 2.24) is 9.97 Å². The highest BCUT2D eigenvalue weighted by Crippen LogP contribution is 2.24. The number of amides is 1. The van der Waals surface area contributed by atoms with Gasteiger partial charge in [0.2, 0.25) is 5.95 Å². The number of hydrogen-bond donors (Lipinski definition) is 5. The molecule has 0 radical (unpaired) electrons. The Hall–Kier alpha value is -3.31. The van der Waals surface area contributed by atoms with Crippen LogP contribution in [0.15, 0.2) is 47.4 Å². The van der Waals surface area contributed by atoms with E-state index in [1.54, 1.807) is 19.1 Å². The van der Waals surface area contributed by atoms with Gasteiger partial charge in [-0.2, -0.15) is 8.42 Å². The molecule has 0 saturated heterocycles. The minimum Gasteiger partial charge on any atom is -0.465 e. The number of rotatable bonds is 7. The SMILES string of the molecule is CC(O)CNc1ccc(S(=O)(=O)Oc2ccc3nc(NC(=O)O)[nH]c3c2)cc1. The molecule has 10 nitrogen and oxygen atoms in total. The summed E-state index contributed by atoms with van der Waals surface area (Å²) in [7, 11) is -4.06. The minimum absolute atomic E-state index is 0.0165. The van der Waals surface area contributed by atoms with E-state index in [2.05, 4.69) is 20.6 Å².